The lowest BCUT2D eigenvalue weighted by atomic mass is 10.0. The minimum Gasteiger partial charge on any atom is -0.327 e. The van der Waals surface area contributed by atoms with Crippen molar-refractivity contribution in [3.8, 4) is 0 Å². The molecule has 2 atom stereocenters. The molecule has 0 spiro atoms. The molecule has 0 unspecified atom stereocenters. The molecule has 1 aliphatic heterocycles. The molecule has 0 radical (unpaired) electrons. The number of nitrogens with two attached hydrogens (primary N) is 1. The first kappa shape index (κ1) is 9.36. The van der Waals surface area contributed by atoms with Gasteiger partial charge in [0.15, 0.2) is 0 Å². The van der Waals surface area contributed by atoms with Crippen LogP contribution in [-0.4, -0.2) is 35.8 Å². The smallest absolute Gasteiger partial charge is 0.0168 e. The van der Waals surface area contributed by atoms with Gasteiger partial charge in [0.2, 0.25) is 0 Å². The number of likely N-dealkylation sites (tertiary alicyclic amines) is 1. The highest BCUT2D eigenvalue weighted by atomic mass is 32.1. The molecule has 0 aromatic carbocycles. The van der Waals surface area contributed by atoms with Gasteiger partial charge in [-0.1, -0.05) is 0 Å². The van der Waals surface area contributed by atoms with Gasteiger partial charge < -0.3 is 5.73 Å². The maximum Gasteiger partial charge on any atom is 0.0168 e. The summed E-state index contributed by atoms with van der Waals surface area (Å²) in [5.74, 6) is 0.942. The zero-order chi connectivity index (χ0) is 8.27. The fraction of sp³-hybridized carbons (Fsp3) is 1.00. The maximum absolute atomic E-state index is 5.85. The molecule has 0 bridgehead atoms. The molecule has 2 N–H and O–H groups in total. The summed E-state index contributed by atoms with van der Waals surface area (Å²) in [6.45, 7) is 4.41. The average Bonchev–Trinajstić information content (AvgIpc) is 1.98. The van der Waals surface area contributed by atoms with Crippen LogP contribution in [0.2, 0.25) is 0 Å². The van der Waals surface area contributed by atoms with Crippen LogP contribution in [0.15, 0.2) is 0 Å². The van der Waals surface area contributed by atoms with Gasteiger partial charge in [-0.2, -0.15) is 12.6 Å². The van der Waals surface area contributed by atoms with Gasteiger partial charge in [0, 0.05) is 30.9 Å². The van der Waals surface area contributed by atoms with E-state index in [2.05, 4.69) is 24.5 Å². The van der Waals surface area contributed by atoms with Crippen molar-refractivity contribution in [1.82, 2.24) is 4.90 Å². The number of thiol groups is 1. The Bertz CT molecular complexity index is 119. The molecule has 1 saturated heterocycles. The van der Waals surface area contributed by atoms with E-state index in [1.807, 2.05) is 0 Å². The minimum atomic E-state index is 0.395. The normalized spacial score (nSPS) is 34.1. The van der Waals surface area contributed by atoms with Crippen LogP contribution in [0.3, 0.4) is 0 Å². The largest absolute Gasteiger partial charge is 0.327 e. The first-order valence-corrected chi connectivity index (χ1v) is 4.97. The predicted octanol–water partition coefficient (Wildman–Crippen LogP) is 0.728. The first-order valence-electron chi connectivity index (χ1n) is 4.34. The Balaban J connectivity index is 2.34. The topological polar surface area (TPSA) is 29.3 Å². The standard InChI is InChI=1S/C8H18N2S/c1-7-2-3-8(9)6-10(7)4-5-11/h7-8,11H,2-6,9H2,1H3/t7-,8+/m0/s1. The summed E-state index contributed by atoms with van der Waals surface area (Å²) in [7, 11) is 0. The van der Waals surface area contributed by atoms with Crippen LogP contribution in [-0.2, 0) is 0 Å². The van der Waals surface area contributed by atoms with Gasteiger partial charge in [0.05, 0.1) is 0 Å². The number of hydrogen-bond donors (Lipinski definition) is 2. The third-order valence-corrected chi connectivity index (χ3v) is 2.63. The number of hydrogen-bond acceptors (Lipinski definition) is 3. The Morgan fingerprint density at radius 1 is 1.55 bits per heavy atom. The van der Waals surface area contributed by atoms with Crippen molar-refractivity contribution in [2.75, 3.05) is 18.8 Å². The second kappa shape index (κ2) is 4.33. The monoisotopic (exact) mass is 174 g/mol. The maximum atomic E-state index is 5.85. The highest BCUT2D eigenvalue weighted by Crippen LogP contribution is 2.15. The van der Waals surface area contributed by atoms with E-state index in [-0.39, 0.29) is 0 Å². The third kappa shape index (κ3) is 2.65. The summed E-state index contributed by atoms with van der Waals surface area (Å²) >= 11 is 4.22. The van der Waals surface area contributed by atoms with E-state index in [9.17, 15) is 0 Å². The van der Waals surface area contributed by atoms with Crippen molar-refractivity contribution >= 4 is 12.6 Å². The quantitative estimate of drug-likeness (QED) is 0.604. The van der Waals surface area contributed by atoms with Gasteiger partial charge in [-0.25, -0.2) is 0 Å². The third-order valence-electron chi connectivity index (χ3n) is 2.43. The minimum absolute atomic E-state index is 0.395. The summed E-state index contributed by atoms with van der Waals surface area (Å²) in [6, 6.07) is 1.10. The van der Waals surface area contributed by atoms with Crippen molar-refractivity contribution in [2.24, 2.45) is 5.73 Å². The molecule has 3 heteroatoms. The molecular formula is C8H18N2S. The number of piperidine rings is 1. The molecule has 0 aliphatic carbocycles. The summed E-state index contributed by atoms with van der Waals surface area (Å²) in [6.07, 6.45) is 2.43. The Morgan fingerprint density at radius 2 is 2.27 bits per heavy atom. The Morgan fingerprint density at radius 3 is 2.91 bits per heavy atom. The summed E-state index contributed by atoms with van der Waals surface area (Å²) < 4.78 is 0. The molecule has 0 saturated carbocycles. The van der Waals surface area contributed by atoms with Crippen LogP contribution in [0.5, 0.6) is 0 Å². The Labute approximate surface area is 74.5 Å². The van der Waals surface area contributed by atoms with Crippen molar-refractivity contribution in [3.05, 3.63) is 0 Å². The van der Waals surface area contributed by atoms with E-state index < -0.39 is 0 Å². The molecule has 11 heavy (non-hydrogen) atoms. The molecule has 1 rings (SSSR count). The molecule has 0 aromatic heterocycles. The Hall–Kier alpha value is 0.270. The van der Waals surface area contributed by atoms with Crippen molar-refractivity contribution < 1.29 is 0 Å². The van der Waals surface area contributed by atoms with Gasteiger partial charge in [-0.3, -0.25) is 4.90 Å². The zero-order valence-corrected chi connectivity index (χ0v) is 8.06. The SMILES string of the molecule is C[C@H]1CC[C@@H](N)CN1CCS. The molecule has 1 aliphatic rings. The predicted molar refractivity (Wildman–Crippen MR) is 52.1 cm³/mol. The van der Waals surface area contributed by atoms with Gasteiger partial charge in [-0.05, 0) is 19.8 Å². The lowest BCUT2D eigenvalue weighted by Gasteiger charge is -2.36. The van der Waals surface area contributed by atoms with Crippen molar-refractivity contribution in [2.45, 2.75) is 31.8 Å². The van der Waals surface area contributed by atoms with E-state index in [1.165, 1.54) is 12.8 Å². The summed E-state index contributed by atoms with van der Waals surface area (Å²) in [5, 5.41) is 0. The highest BCUT2D eigenvalue weighted by molar-refractivity contribution is 7.80. The molecule has 2 nitrogen and oxygen atoms in total. The molecule has 1 fully saturated rings. The van der Waals surface area contributed by atoms with Crippen molar-refractivity contribution in [1.29, 1.82) is 0 Å². The fourth-order valence-corrected chi connectivity index (χ4v) is 1.91. The Kier molecular flexibility index (Phi) is 3.69. The van der Waals surface area contributed by atoms with E-state index in [1.54, 1.807) is 0 Å². The van der Waals surface area contributed by atoms with Crippen LogP contribution in [0.4, 0.5) is 0 Å². The first-order chi connectivity index (χ1) is 5.24. The van der Waals surface area contributed by atoms with Crippen LogP contribution in [0.25, 0.3) is 0 Å². The molecular weight excluding hydrogens is 156 g/mol. The molecule has 0 amide bonds. The van der Waals surface area contributed by atoms with E-state index in [4.69, 9.17) is 5.73 Å². The summed E-state index contributed by atoms with van der Waals surface area (Å²) in [5.41, 5.74) is 5.85. The van der Waals surface area contributed by atoms with Crippen LogP contribution < -0.4 is 5.73 Å². The molecule has 1 heterocycles. The lowest BCUT2D eigenvalue weighted by molar-refractivity contribution is 0.155. The van der Waals surface area contributed by atoms with Crippen LogP contribution in [0.1, 0.15) is 19.8 Å². The van der Waals surface area contributed by atoms with E-state index in [0.29, 0.717) is 12.1 Å². The van der Waals surface area contributed by atoms with Gasteiger partial charge >= 0.3 is 0 Å². The number of rotatable bonds is 2. The highest BCUT2D eigenvalue weighted by Gasteiger charge is 2.21. The fourth-order valence-electron chi connectivity index (χ4n) is 1.65. The number of nitrogens with zero attached hydrogens (tertiary/aromatic N) is 1. The van der Waals surface area contributed by atoms with Gasteiger partial charge in [-0.15, -0.1) is 0 Å². The second-order valence-electron chi connectivity index (χ2n) is 3.40. The van der Waals surface area contributed by atoms with Gasteiger partial charge in [0.25, 0.3) is 0 Å². The van der Waals surface area contributed by atoms with Crippen molar-refractivity contribution in [3.63, 3.8) is 0 Å². The zero-order valence-electron chi connectivity index (χ0n) is 7.16. The van der Waals surface area contributed by atoms with E-state index in [0.717, 1.165) is 18.8 Å². The molecule has 0 aromatic rings. The van der Waals surface area contributed by atoms with E-state index >= 15 is 0 Å². The lowest BCUT2D eigenvalue weighted by Crippen LogP contribution is -2.48. The van der Waals surface area contributed by atoms with Gasteiger partial charge in [0.1, 0.15) is 0 Å². The average molecular weight is 174 g/mol. The molecule has 66 valence electrons. The van der Waals surface area contributed by atoms with Crippen LogP contribution >= 0.6 is 12.6 Å². The second-order valence-corrected chi connectivity index (χ2v) is 3.85. The van der Waals surface area contributed by atoms with Crippen LogP contribution in [0, 0.1) is 0 Å². The summed E-state index contributed by atoms with van der Waals surface area (Å²) in [4.78, 5) is 2.43.